The largest absolute Gasteiger partial charge is 0.457 e. The second-order valence-electron chi connectivity index (χ2n) is 3.04. The summed E-state index contributed by atoms with van der Waals surface area (Å²) in [4.78, 5) is 11.3. The van der Waals surface area contributed by atoms with Gasteiger partial charge in [0.15, 0.2) is 0 Å². The van der Waals surface area contributed by atoms with Crippen LogP contribution in [-0.2, 0) is 18.4 Å². The Morgan fingerprint density at radius 3 is 2.40 bits per heavy atom. The summed E-state index contributed by atoms with van der Waals surface area (Å²) in [6.45, 7) is 9.52. The van der Waals surface area contributed by atoms with E-state index in [0.717, 1.165) is 0 Å². The first-order chi connectivity index (χ1) is 7.06. The molecule has 0 amide bonds. The van der Waals surface area contributed by atoms with Crippen molar-refractivity contribution in [3.8, 4) is 0 Å². The van der Waals surface area contributed by atoms with Crippen LogP contribution in [0.2, 0.25) is 0 Å². The Balaban J connectivity index is 4.32. The van der Waals surface area contributed by atoms with E-state index in [9.17, 15) is 4.79 Å². The molecule has 0 aliphatic rings. The average molecular weight is 231 g/mol. The van der Waals surface area contributed by atoms with Gasteiger partial charge in [0.05, 0.1) is 0 Å². The van der Waals surface area contributed by atoms with Crippen molar-refractivity contribution < 1.29 is 18.4 Å². The Kier molecular flexibility index (Phi) is 7.28. The van der Waals surface area contributed by atoms with E-state index >= 15 is 0 Å². The van der Waals surface area contributed by atoms with E-state index in [4.69, 9.17) is 13.6 Å². The topological polar surface area (TPSA) is 44.8 Å². The van der Waals surface area contributed by atoms with Gasteiger partial charge in [0.25, 0.3) is 0 Å². The van der Waals surface area contributed by atoms with Gasteiger partial charge in [-0.25, -0.2) is 4.79 Å². The molecule has 15 heavy (non-hydrogen) atoms. The van der Waals surface area contributed by atoms with Gasteiger partial charge in [0, 0.05) is 19.3 Å². The molecule has 0 spiro atoms. The Hall–Kier alpha value is -0.653. The molecule has 0 aromatic carbocycles. The monoisotopic (exact) mass is 231 g/mol. The van der Waals surface area contributed by atoms with E-state index in [-0.39, 0.29) is 11.7 Å². The molecule has 0 fully saturated rings. The zero-order valence-electron chi connectivity index (χ0n) is 9.83. The highest BCUT2D eigenvalue weighted by Crippen LogP contribution is 2.08. The van der Waals surface area contributed by atoms with E-state index in [2.05, 4.69) is 6.58 Å². The van der Waals surface area contributed by atoms with E-state index in [0.29, 0.717) is 18.6 Å². The highest BCUT2D eigenvalue weighted by molar-refractivity contribution is 6.46. The van der Waals surface area contributed by atoms with Crippen molar-refractivity contribution >= 4 is 15.3 Å². The predicted octanol–water partition coefficient (Wildman–Crippen LogP) is 1.59. The summed E-state index contributed by atoms with van der Waals surface area (Å²) in [5.74, 6) is -0.388. The van der Waals surface area contributed by atoms with Gasteiger partial charge in [-0.05, 0) is 20.3 Å². The maximum absolute atomic E-state index is 11.3. The summed E-state index contributed by atoms with van der Waals surface area (Å²) in [6, 6.07) is 0. The van der Waals surface area contributed by atoms with Crippen molar-refractivity contribution in [3.63, 3.8) is 0 Å². The smallest absolute Gasteiger partial charge is 0.429 e. The fourth-order valence-corrected chi connectivity index (χ4v) is 2.34. The number of ether oxygens (including phenoxy) is 1. The van der Waals surface area contributed by atoms with E-state index in [1.165, 1.54) is 0 Å². The second-order valence-corrected chi connectivity index (χ2v) is 5.02. The van der Waals surface area contributed by atoms with E-state index in [1.54, 1.807) is 14.0 Å². The maximum atomic E-state index is 11.3. The lowest BCUT2D eigenvalue weighted by Crippen LogP contribution is -2.39. The predicted molar refractivity (Wildman–Crippen MR) is 59.4 cm³/mol. The summed E-state index contributed by atoms with van der Waals surface area (Å²) in [6.07, 6.45) is 0.682. The highest BCUT2D eigenvalue weighted by atomic mass is 28.3. The van der Waals surface area contributed by atoms with Crippen LogP contribution in [-0.4, -0.2) is 34.7 Å². The summed E-state index contributed by atoms with van der Waals surface area (Å²) in [5.41, 5.74) is 0.103. The molecule has 0 saturated carbocycles. The molecule has 0 rings (SSSR count). The molecule has 0 aliphatic carbocycles. The normalized spacial score (nSPS) is 12.6. The van der Waals surface area contributed by atoms with Crippen LogP contribution >= 0.6 is 0 Å². The fraction of sp³-hybridized carbons (Fsp3) is 0.700. The van der Waals surface area contributed by atoms with Gasteiger partial charge >= 0.3 is 15.3 Å². The van der Waals surface area contributed by atoms with E-state index in [1.807, 2.05) is 13.8 Å². The minimum Gasteiger partial charge on any atom is -0.457 e. The van der Waals surface area contributed by atoms with Crippen molar-refractivity contribution in [2.45, 2.75) is 32.9 Å². The lowest BCUT2D eigenvalue weighted by atomic mass is 10.4. The number of hydrogen-bond acceptors (Lipinski definition) is 4. The standard InChI is InChI=1S/C10H19O4Si/c1-6-9(14-10(11)8(3)4)15(12-5)13-7-2/h9H,3,6-7H2,1-2,4-5H3. The maximum Gasteiger partial charge on any atom is 0.429 e. The third-order valence-electron chi connectivity index (χ3n) is 1.72. The van der Waals surface area contributed by atoms with Gasteiger partial charge in [-0.1, -0.05) is 13.5 Å². The molecule has 4 nitrogen and oxygen atoms in total. The first-order valence-electron chi connectivity index (χ1n) is 4.96. The van der Waals surface area contributed by atoms with Crippen LogP contribution in [0.15, 0.2) is 12.2 Å². The van der Waals surface area contributed by atoms with Crippen LogP contribution in [0.1, 0.15) is 27.2 Å². The molecule has 0 N–H and O–H groups in total. The Labute approximate surface area is 93.1 Å². The van der Waals surface area contributed by atoms with Gasteiger partial charge in [-0.3, -0.25) is 0 Å². The molecule has 0 saturated heterocycles. The van der Waals surface area contributed by atoms with Crippen LogP contribution in [0, 0.1) is 0 Å². The summed E-state index contributed by atoms with van der Waals surface area (Å²) >= 11 is 0. The third-order valence-corrected chi connectivity index (χ3v) is 3.75. The summed E-state index contributed by atoms with van der Waals surface area (Å²) < 4.78 is 15.8. The summed E-state index contributed by atoms with van der Waals surface area (Å²) in [5, 5.41) is 0. The molecular weight excluding hydrogens is 212 g/mol. The number of rotatable bonds is 7. The minimum atomic E-state index is -1.54. The van der Waals surface area contributed by atoms with Crippen LogP contribution in [0.4, 0.5) is 0 Å². The van der Waals surface area contributed by atoms with Crippen molar-refractivity contribution in [2.24, 2.45) is 0 Å². The van der Waals surface area contributed by atoms with Crippen LogP contribution in [0.5, 0.6) is 0 Å². The van der Waals surface area contributed by atoms with Gasteiger partial charge < -0.3 is 13.6 Å². The first kappa shape index (κ1) is 14.3. The lowest BCUT2D eigenvalue weighted by Gasteiger charge is -2.21. The Morgan fingerprint density at radius 2 is 2.07 bits per heavy atom. The zero-order valence-corrected chi connectivity index (χ0v) is 10.8. The second kappa shape index (κ2) is 7.61. The molecule has 87 valence electrons. The first-order valence-corrected chi connectivity index (χ1v) is 6.36. The molecule has 0 aromatic heterocycles. The van der Waals surface area contributed by atoms with Crippen LogP contribution in [0.3, 0.4) is 0 Å². The fourth-order valence-electron chi connectivity index (χ4n) is 0.953. The molecular formula is C10H19O4Si. The number of carbonyl (C=O) groups is 1. The Morgan fingerprint density at radius 1 is 1.47 bits per heavy atom. The molecule has 5 heteroatoms. The molecule has 1 unspecified atom stereocenters. The molecule has 0 heterocycles. The Bertz CT molecular complexity index is 217. The summed E-state index contributed by atoms with van der Waals surface area (Å²) in [7, 11) is 0.0342. The van der Waals surface area contributed by atoms with Crippen molar-refractivity contribution in [1.29, 1.82) is 0 Å². The van der Waals surface area contributed by atoms with Crippen molar-refractivity contribution in [3.05, 3.63) is 12.2 Å². The SMILES string of the molecule is C=C(C)C(=O)OC(CC)[Si](OC)OCC. The molecule has 1 radical (unpaired) electrons. The van der Waals surface area contributed by atoms with E-state index < -0.39 is 9.28 Å². The molecule has 0 aromatic rings. The van der Waals surface area contributed by atoms with Gasteiger partial charge in [0.1, 0.15) is 5.73 Å². The zero-order chi connectivity index (χ0) is 11.8. The molecule has 1 atom stereocenters. The van der Waals surface area contributed by atoms with Gasteiger partial charge in [-0.15, -0.1) is 0 Å². The third kappa shape index (κ3) is 5.11. The van der Waals surface area contributed by atoms with Gasteiger partial charge in [-0.2, -0.15) is 0 Å². The van der Waals surface area contributed by atoms with Crippen molar-refractivity contribution in [1.82, 2.24) is 0 Å². The van der Waals surface area contributed by atoms with Gasteiger partial charge in [0.2, 0.25) is 0 Å². The molecule has 0 bridgehead atoms. The number of hydrogen-bond donors (Lipinski definition) is 0. The number of carbonyl (C=O) groups excluding carboxylic acids is 1. The average Bonchev–Trinajstić information content (AvgIpc) is 2.22. The molecule has 0 aliphatic heterocycles. The number of esters is 1. The van der Waals surface area contributed by atoms with Crippen LogP contribution in [0.25, 0.3) is 0 Å². The lowest BCUT2D eigenvalue weighted by molar-refractivity contribution is -0.142. The highest BCUT2D eigenvalue weighted by Gasteiger charge is 2.29. The quantitative estimate of drug-likeness (QED) is 0.379. The minimum absolute atomic E-state index is 0.288. The van der Waals surface area contributed by atoms with Crippen LogP contribution < -0.4 is 0 Å². The van der Waals surface area contributed by atoms with Crippen molar-refractivity contribution in [2.75, 3.05) is 13.7 Å².